The minimum Gasteiger partial charge on any atom is -0.465 e. The lowest BCUT2D eigenvalue weighted by molar-refractivity contribution is -0.138. The summed E-state index contributed by atoms with van der Waals surface area (Å²) in [4.78, 5) is 18.1. The maximum atomic E-state index is 13.0. The molecule has 158 valence electrons. The minimum absolute atomic E-state index is 0.159. The van der Waals surface area contributed by atoms with Gasteiger partial charge in [-0.25, -0.2) is 9.78 Å². The first kappa shape index (κ1) is 21.7. The highest BCUT2D eigenvalue weighted by Gasteiger charge is 2.37. The first-order valence-corrected chi connectivity index (χ1v) is 10.1. The molecule has 1 aliphatic heterocycles. The molecule has 0 saturated carbocycles. The first-order valence-electron chi connectivity index (χ1n) is 9.26. The Kier molecular flexibility index (Phi) is 6.60. The fourth-order valence-corrected chi connectivity index (χ4v) is 4.26. The number of hydrogen-bond donors (Lipinski definition) is 0. The van der Waals surface area contributed by atoms with Gasteiger partial charge in [-0.05, 0) is 38.0 Å². The van der Waals surface area contributed by atoms with Crippen LogP contribution in [-0.4, -0.2) is 48.7 Å². The Labute approximate surface area is 171 Å². The van der Waals surface area contributed by atoms with Crippen molar-refractivity contribution in [1.29, 1.82) is 0 Å². The molecule has 0 amide bonds. The molecule has 1 aliphatic rings. The summed E-state index contributed by atoms with van der Waals surface area (Å²) in [7, 11) is 1.34. The molecule has 3 rings (SSSR count). The Morgan fingerprint density at radius 2 is 2.07 bits per heavy atom. The van der Waals surface area contributed by atoms with E-state index in [2.05, 4.69) is 16.8 Å². The minimum atomic E-state index is -4.44. The zero-order chi connectivity index (χ0) is 21.2. The number of halogens is 3. The van der Waals surface area contributed by atoms with Crippen molar-refractivity contribution in [3.05, 3.63) is 51.0 Å². The maximum absolute atomic E-state index is 13.0. The van der Waals surface area contributed by atoms with Crippen molar-refractivity contribution in [3.8, 4) is 0 Å². The number of aryl methyl sites for hydroxylation is 1. The lowest BCUT2D eigenvalue weighted by Gasteiger charge is -2.36. The molecule has 0 bridgehead atoms. The van der Waals surface area contributed by atoms with E-state index in [-0.39, 0.29) is 12.0 Å². The van der Waals surface area contributed by atoms with Crippen molar-refractivity contribution in [2.75, 3.05) is 26.8 Å². The number of thiazole rings is 1. The predicted octanol–water partition coefficient (Wildman–Crippen LogP) is 4.26. The van der Waals surface area contributed by atoms with Crippen molar-refractivity contribution in [1.82, 2.24) is 9.88 Å². The number of esters is 1. The predicted molar refractivity (Wildman–Crippen MR) is 103 cm³/mol. The van der Waals surface area contributed by atoms with E-state index in [1.807, 2.05) is 12.1 Å². The Bertz CT molecular complexity index is 852. The van der Waals surface area contributed by atoms with Gasteiger partial charge in [-0.1, -0.05) is 12.1 Å². The van der Waals surface area contributed by atoms with E-state index in [0.717, 1.165) is 12.0 Å². The van der Waals surface area contributed by atoms with Crippen LogP contribution in [-0.2, 0) is 22.1 Å². The quantitative estimate of drug-likeness (QED) is 0.666. The number of methoxy groups -OCH3 is 1. The molecule has 1 fully saturated rings. The second-order valence-electron chi connectivity index (χ2n) is 7.05. The Morgan fingerprint density at radius 1 is 1.38 bits per heavy atom. The lowest BCUT2D eigenvalue weighted by Crippen LogP contribution is -2.44. The summed E-state index contributed by atoms with van der Waals surface area (Å²) in [6.45, 7) is 5.35. The largest absolute Gasteiger partial charge is 0.465 e. The normalized spacial score (nSPS) is 19.2. The van der Waals surface area contributed by atoms with Gasteiger partial charge in [0.1, 0.15) is 6.10 Å². The molecule has 2 heterocycles. The third-order valence-corrected chi connectivity index (χ3v) is 6.04. The average Bonchev–Trinajstić information content (AvgIpc) is 3.10. The molecule has 2 atom stereocenters. The molecule has 0 spiro atoms. The van der Waals surface area contributed by atoms with Gasteiger partial charge in [-0.2, -0.15) is 13.2 Å². The highest BCUT2D eigenvalue weighted by molar-refractivity contribution is 7.11. The summed E-state index contributed by atoms with van der Waals surface area (Å²) in [5.41, 5.74) is 1.94. The summed E-state index contributed by atoms with van der Waals surface area (Å²) >= 11 is 0.660. The van der Waals surface area contributed by atoms with E-state index in [1.165, 1.54) is 7.11 Å². The average molecular weight is 428 g/mol. The van der Waals surface area contributed by atoms with Gasteiger partial charge < -0.3 is 9.47 Å². The molecule has 9 heteroatoms. The number of nitrogens with zero attached hydrogens (tertiary/aromatic N) is 2. The van der Waals surface area contributed by atoms with Crippen molar-refractivity contribution in [3.63, 3.8) is 0 Å². The zero-order valence-electron chi connectivity index (χ0n) is 16.5. The third-order valence-electron chi connectivity index (χ3n) is 5.01. The van der Waals surface area contributed by atoms with Crippen LogP contribution in [0.25, 0.3) is 0 Å². The smallest absolute Gasteiger partial charge is 0.443 e. The highest BCUT2D eigenvalue weighted by Crippen LogP contribution is 2.37. The number of morpholine rings is 1. The molecule has 0 aliphatic carbocycles. The SMILES string of the molecule is COC(=O)c1ccc(CC(C)N2CCOC(c3nc(C(F)(F)F)sc3C)C2)cc1. The summed E-state index contributed by atoms with van der Waals surface area (Å²) in [5, 5.41) is -0.829. The van der Waals surface area contributed by atoms with Crippen LogP contribution in [0.1, 0.15) is 44.5 Å². The fraction of sp³-hybridized carbons (Fsp3) is 0.500. The van der Waals surface area contributed by atoms with Crippen molar-refractivity contribution >= 4 is 17.3 Å². The standard InChI is InChI=1S/C20H23F3N2O3S/c1-12(10-14-4-6-15(7-5-14)18(26)27-3)25-8-9-28-16(11-25)17-13(2)29-19(24-17)20(21,22)23/h4-7,12,16H,8-11H2,1-3H3. The van der Waals surface area contributed by atoms with Crippen molar-refractivity contribution < 1.29 is 27.4 Å². The van der Waals surface area contributed by atoms with Gasteiger partial charge in [0, 0.05) is 24.0 Å². The van der Waals surface area contributed by atoms with Crippen LogP contribution < -0.4 is 0 Å². The van der Waals surface area contributed by atoms with Crippen LogP contribution in [0, 0.1) is 6.92 Å². The van der Waals surface area contributed by atoms with Crippen LogP contribution in [0.3, 0.4) is 0 Å². The van der Waals surface area contributed by atoms with Gasteiger partial charge in [0.2, 0.25) is 0 Å². The molecule has 2 aromatic rings. The number of aromatic nitrogens is 1. The number of alkyl halides is 3. The van der Waals surface area contributed by atoms with Crippen LogP contribution in [0.5, 0.6) is 0 Å². The molecule has 1 aromatic carbocycles. The Morgan fingerprint density at radius 3 is 2.66 bits per heavy atom. The van der Waals surface area contributed by atoms with Gasteiger partial charge in [-0.3, -0.25) is 4.90 Å². The summed E-state index contributed by atoms with van der Waals surface area (Å²) in [5.74, 6) is -0.377. The molecule has 29 heavy (non-hydrogen) atoms. The number of carbonyl (C=O) groups excluding carboxylic acids is 1. The lowest BCUT2D eigenvalue weighted by atomic mass is 10.0. The van der Waals surface area contributed by atoms with Crippen molar-refractivity contribution in [2.24, 2.45) is 0 Å². The summed E-state index contributed by atoms with van der Waals surface area (Å²) in [6, 6.07) is 7.40. The monoisotopic (exact) mass is 428 g/mol. The summed E-state index contributed by atoms with van der Waals surface area (Å²) < 4.78 is 49.3. The highest BCUT2D eigenvalue weighted by atomic mass is 32.1. The molecule has 0 N–H and O–H groups in total. The zero-order valence-corrected chi connectivity index (χ0v) is 17.3. The van der Waals surface area contributed by atoms with Crippen LogP contribution in [0.15, 0.2) is 24.3 Å². The van der Waals surface area contributed by atoms with Crippen LogP contribution in [0.4, 0.5) is 13.2 Å². The molecule has 0 radical (unpaired) electrons. The van der Waals surface area contributed by atoms with E-state index in [0.29, 0.717) is 47.2 Å². The summed E-state index contributed by atoms with van der Waals surface area (Å²) in [6.07, 6.45) is -4.16. The molecule has 1 saturated heterocycles. The van der Waals surface area contributed by atoms with Gasteiger partial charge in [0.05, 0.1) is 25.0 Å². The van der Waals surface area contributed by atoms with E-state index < -0.39 is 17.3 Å². The van der Waals surface area contributed by atoms with Crippen LogP contribution >= 0.6 is 11.3 Å². The van der Waals surface area contributed by atoms with Crippen molar-refractivity contribution in [2.45, 2.75) is 38.6 Å². The molecule has 5 nitrogen and oxygen atoms in total. The van der Waals surface area contributed by atoms with E-state index >= 15 is 0 Å². The number of carbonyl (C=O) groups is 1. The maximum Gasteiger partial charge on any atom is 0.443 e. The Hall–Kier alpha value is -1.97. The Balaban J connectivity index is 1.66. The first-order chi connectivity index (χ1) is 13.7. The van der Waals surface area contributed by atoms with Gasteiger partial charge >= 0.3 is 12.1 Å². The fourth-order valence-electron chi connectivity index (χ4n) is 3.43. The molecular weight excluding hydrogens is 405 g/mol. The number of hydrogen-bond acceptors (Lipinski definition) is 6. The van der Waals surface area contributed by atoms with E-state index in [4.69, 9.17) is 9.47 Å². The van der Waals surface area contributed by atoms with Crippen LogP contribution in [0.2, 0.25) is 0 Å². The number of benzene rings is 1. The third kappa shape index (κ3) is 5.15. The number of ether oxygens (including phenoxy) is 2. The topological polar surface area (TPSA) is 51.7 Å². The van der Waals surface area contributed by atoms with Gasteiger partial charge in [0.25, 0.3) is 0 Å². The second kappa shape index (κ2) is 8.81. The second-order valence-corrected chi connectivity index (χ2v) is 8.26. The van der Waals surface area contributed by atoms with E-state index in [1.54, 1.807) is 19.1 Å². The number of rotatable bonds is 5. The molecular formula is C20H23F3N2O3S. The van der Waals surface area contributed by atoms with Gasteiger partial charge in [0.15, 0.2) is 5.01 Å². The van der Waals surface area contributed by atoms with E-state index in [9.17, 15) is 18.0 Å². The molecule has 1 aromatic heterocycles. The molecule has 2 unspecified atom stereocenters. The van der Waals surface area contributed by atoms with Gasteiger partial charge in [-0.15, -0.1) is 11.3 Å².